The minimum absolute atomic E-state index is 0.289. The van der Waals surface area contributed by atoms with Gasteiger partial charge in [0.2, 0.25) is 0 Å². The largest absolute Gasteiger partial charge is 0.310 e. The predicted octanol–water partition coefficient (Wildman–Crippen LogP) is 5.65. The highest BCUT2D eigenvalue weighted by molar-refractivity contribution is 7.08. The van der Waals surface area contributed by atoms with Crippen molar-refractivity contribution >= 4 is 34.5 Å². The summed E-state index contributed by atoms with van der Waals surface area (Å²) in [6.45, 7) is 5.33. The Balaban J connectivity index is 2.24. The molecular weight excluding hydrogens is 309 g/mol. The fraction of sp³-hybridized carbons (Fsp3) is 0.375. The van der Waals surface area contributed by atoms with Crippen LogP contribution in [0, 0.1) is 6.92 Å². The molecule has 0 fully saturated rings. The first-order valence-corrected chi connectivity index (χ1v) is 8.52. The number of halogens is 2. The molecule has 4 heteroatoms. The molecule has 0 aliphatic carbocycles. The first kappa shape index (κ1) is 15.8. The molecule has 0 bridgehead atoms. The molecule has 0 amide bonds. The Morgan fingerprint density at radius 1 is 1.25 bits per heavy atom. The third kappa shape index (κ3) is 3.76. The molecule has 1 aromatic heterocycles. The zero-order chi connectivity index (χ0) is 14.5. The Labute approximate surface area is 134 Å². The van der Waals surface area contributed by atoms with Crippen LogP contribution in [0.1, 0.15) is 36.1 Å². The van der Waals surface area contributed by atoms with Crippen molar-refractivity contribution in [2.24, 2.45) is 0 Å². The van der Waals surface area contributed by atoms with Gasteiger partial charge in [-0.05, 0) is 59.8 Å². The summed E-state index contributed by atoms with van der Waals surface area (Å²) in [5.41, 5.74) is 3.79. The van der Waals surface area contributed by atoms with Gasteiger partial charge in [-0.15, -0.1) is 0 Å². The lowest BCUT2D eigenvalue weighted by Crippen LogP contribution is -2.24. The van der Waals surface area contributed by atoms with Gasteiger partial charge >= 0.3 is 0 Å². The van der Waals surface area contributed by atoms with Crippen molar-refractivity contribution in [3.8, 4) is 0 Å². The van der Waals surface area contributed by atoms with Crippen molar-refractivity contribution in [3.63, 3.8) is 0 Å². The van der Waals surface area contributed by atoms with Crippen molar-refractivity contribution in [2.75, 3.05) is 6.54 Å². The van der Waals surface area contributed by atoms with E-state index in [0.29, 0.717) is 10.0 Å². The van der Waals surface area contributed by atoms with E-state index in [9.17, 15) is 0 Å². The van der Waals surface area contributed by atoms with E-state index in [-0.39, 0.29) is 6.04 Å². The molecule has 1 atom stereocenters. The van der Waals surface area contributed by atoms with E-state index in [0.717, 1.165) is 24.9 Å². The summed E-state index contributed by atoms with van der Waals surface area (Å²) in [6.07, 6.45) is 1.97. The molecule has 0 aliphatic rings. The highest BCUT2D eigenvalue weighted by atomic mass is 35.5. The van der Waals surface area contributed by atoms with Crippen molar-refractivity contribution in [2.45, 2.75) is 32.7 Å². The number of aryl methyl sites for hydroxylation is 1. The minimum Gasteiger partial charge on any atom is -0.310 e. The lowest BCUT2D eigenvalue weighted by atomic mass is 9.98. The first-order chi connectivity index (χ1) is 9.63. The number of rotatable bonds is 6. The lowest BCUT2D eigenvalue weighted by molar-refractivity contribution is 0.528. The smallest absolute Gasteiger partial charge is 0.0624 e. The van der Waals surface area contributed by atoms with E-state index < -0.39 is 0 Å². The van der Waals surface area contributed by atoms with E-state index in [1.54, 1.807) is 11.3 Å². The van der Waals surface area contributed by atoms with E-state index in [1.165, 1.54) is 11.1 Å². The number of hydrogen-bond acceptors (Lipinski definition) is 2. The summed E-state index contributed by atoms with van der Waals surface area (Å²) in [6, 6.07) is 6.13. The highest BCUT2D eigenvalue weighted by Crippen LogP contribution is 2.31. The third-order valence-electron chi connectivity index (χ3n) is 3.37. The van der Waals surface area contributed by atoms with Crippen molar-refractivity contribution in [1.82, 2.24) is 5.32 Å². The van der Waals surface area contributed by atoms with Crippen molar-refractivity contribution in [3.05, 3.63) is 55.7 Å². The zero-order valence-electron chi connectivity index (χ0n) is 11.7. The van der Waals surface area contributed by atoms with Crippen LogP contribution in [0.3, 0.4) is 0 Å². The van der Waals surface area contributed by atoms with Crippen LogP contribution in [0.15, 0.2) is 29.0 Å². The second-order valence-electron chi connectivity index (χ2n) is 4.93. The van der Waals surface area contributed by atoms with Gasteiger partial charge in [0, 0.05) is 6.04 Å². The Kier molecular flexibility index (Phi) is 5.91. The van der Waals surface area contributed by atoms with Crippen LogP contribution in [-0.4, -0.2) is 6.54 Å². The Bertz CT molecular complexity index is 565. The van der Waals surface area contributed by atoms with Crippen LogP contribution in [0.5, 0.6) is 0 Å². The van der Waals surface area contributed by atoms with Gasteiger partial charge in [-0.3, -0.25) is 0 Å². The van der Waals surface area contributed by atoms with E-state index in [4.69, 9.17) is 23.2 Å². The van der Waals surface area contributed by atoms with E-state index in [2.05, 4.69) is 36.0 Å². The molecule has 0 radical (unpaired) electrons. The summed E-state index contributed by atoms with van der Waals surface area (Å²) in [5.74, 6) is 0. The van der Waals surface area contributed by atoms with Crippen molar-refractivity contribution < 1.29 is 0 Å². The molecule has 2 rings (SSSR count). The molecule has 20 heavy (non-hydrogen) atoms. The maximum atomic E-state index is 6.32. The summed E-state index contributed by atoms with van der Waals surface area (Å²) < 4.78 is 0. The maximum absolute atomic E-state index is 6.32. The SMILES string of the molecule is CCCNC(Cc1cccc(Cl)c1Cl)c1cscc1C. The molecule has 1 nitrogen and oxygen atoms in total. The van der Waals surface area contributed by atoms with Crippen LogP contribution < -0.4 is 5.32 Å². The predicted molar refractivity (Wildman–Crippen MR) is 90.3 cm³/mol. The summed E-state index contributed by atoms with van der Waals surface area (Å²) in [4.78, 5) is 0. The Morgan fingerprint density at radius 3 is 2.70 bits per heavy atom. The second-order valence-corrected chi connectivity index (χ2v) is 6.46. The van der Waals surface area contributed by atoms with Gasteiger partial charge in [-0.2, -0.15) is 11.3 Å². The highest BCUT2D eigenvalue weighted by Gasteiger charge is 2.16. The molecule has 108 valence electrons. The topological polar surface area (TPSA) is 12.0 Å². The molecule has 1 heterocycles. The van der Waals surface area contributed by atoms with Gasteiger partial charge in [0.1, 0.15) is 0 Å². The Morgan fingerprint density at radius 2 is 2.05 bits per heavy atom. The van der Waals surface area contributed by atoms with Crippen LogP contribution in [-0.2, 0) is 6.42 Å². The summed E-state index contributed by atoms with van der Waals surface area (Å²) in [5, 5.41) is 9.32. The van der Waals surface area contributed by atoms with Gasteiger partial charge in [0.05, 0.1) is 10.0 Å². The van der Waals surface area contributed by atoms with Crippen LogP contribution in [0.25, 0.3) is 0 Å². The summed E-state index contributed by atoms with van der Waals surface area (Å²) in [7, 11) is 0. The summed E-state index contributed by atoms with van der Waals surface area (Å²) >= 11 is 14.2. The maximum Gasteiger partial charge on any atom is 0.0624 e. The standard InChI is InChI=1S/C16H19Cl2NS/c1-3-7-19-15(13-10-20-9-11(13)2)8-12-5-4-6-14(17)16(12)18/h4-6,9-10,15,19H,3,7-8H2,1-2H3. The average molecular weight is 328 g/mol. The molecule has 1 aromatic carbocycles. The molecule has 1 unspecified atom stereocenters. The quantitative estimate of drug-likeness (QED) is 0.723. The average Bonchev–Trinajstić information content (AvgIpc) is 2.85. The fourth-order valence-corrected chi connectivity index (χ4v) is 3.57. The molecule has 1 N–H and O–H groups in total. The molecular formula is C16H19Cl2NS. The molecule has 0 saturated heterocycles. The van der Waals surface area contributed by atoms with Crippen LogP contribution in [0.2, 0.25) is 10.0 Å². The number of nitrogens with one attached hydrogen (secondary N) is 1. The molecule has 0 aliphatic heterocycles. The van der Waals surface area contributed by atoms with Crippen LogP contribution in [0.4, 0.5) is 0 Å². The van der Waals surface area contributed by atoms with E-state index in [1.807, 2.05) is 12.1 Å². The van der Waals surface area contributed by atoms with Gasteiger partial charge in [-0.1, -0.05) is 42.3 Å². The normalized spacial score (nSPS) is 12.6. The minimum atomic E-state index is 0.289. The van der Waals surface area contributed by atoms with E-state index >= 15 is 0 Å². The van der Waals surface area contributed by atoms with Gasteiger partial charge in [0.15, 0.2) is 0 Å². The number of thiophene rings is 1. The first-order valence-electron chi connectivity index (χ1n) is 6.82. The molecule has 2 aromatic rings. The van der Waals surface area contributed by atoms with Crippen molar-refractivity contribution in [1.29, 1.82) is 0 Å². The number of benzene rings is 1. The fourth-order valence-electron chi connectivity index (χ4n) is 2.26. The van der Waals surface area contributed by atoms with Gasteiger partial charge < -0.3 is 5.32 Å². The van der Waals surface area contributed by atoms with Crippen LogP contribution >= 0.6 is 34.5 Å². The monoisotopic (exact) mass is 327 g/mol. The zero-order valence-corrected chi connectivity index (χ0v) is 14.1. The third-order valence-corrected chi connectivity index (χ3v) is 5.10. The number of hydrogen-bond donors (Lipinski definition) is 1. The van der Waals surface area contributed by atoms with Gasteiger partial charge in [-0.25, -0.2) is 0 Å². The Hall–Kier alpha value is -0.540. The van der Waals surface area contributed by atoms with Gasteiger partial charge in [0.25, 0.3) is 0 Å². The second kappa shape index (κ2) is 7.46. The molecule has 0 spiro atoms. The molecule has 0 saturated carbocycles. The lowest BCUT2D eigenvalue weighted by Gasteiger charge is -2.20.